The lowest BCUT2D eigenvalue weighted by Gasteiger charge is -1.93. The molecule has 0 aromatic rings. The zero-order valence-corrected chi connectivity index (χ0v) is 4.86. The summed E-state index contributed by atoms with van der Waals surface area (Å²) in [6.45, 7) is -0.515. The summed E-state index contributed by atoms with van der Waals surface area (Å²) in [7, 11) is 0. The molecule has 0 rings (SSSR count). The van der Waals surface area contributed by atoms with Crippen LogP contribution in [-0.2, 0) is 19.1 Å². The van der Waals surface area contributed by atoms with E-state index in [1.54, 1.807) is 0 Å². The second kappa shape index (κ2) is 3.57. The predicted octanol–water partition coefficient (Wildman–Crippen LogP) is -1.90. The molecule has 0 saturated carbocycles. The number of nitrogens with two attached hydrogens (primary N) is 1. The number of hydrogen-bond donors (Lipinski definition) is 2. The molecule has 0 atom stereocenters. The summed E-state index contributed by atoms with van der Waals surface area (Å²) in [5, 5.41) is 7.86. The molecule has 0 fully saturated rings. The normalized spacial score (nSPS) is 8.50. The highest BCUT2D eigenvalue weighted by Gasteiger charge is 2.16. The Hall–Kier alpha value is -1.43. The summed E-state index contributed by atoms with van der Waals surface area (Å²) in [6.07, 6.45) is 0. The molecule has 10 heavy (non-hydrogen) atoms. The number of carbonyl (C=O) groups excluding carboxylic acids is 2. The molecular weight excluding hydrogens is 142 g/mol. The SMILES string of the molecule is NCC(=O)OC(=O)C(=O)O. The average Bonchev–Trinajstić information content (AvgIpc) is 1.87. The molecule has 0 saturated heterocycles. The van der Waals surface area contributed by atoms with Crippen LogP contribution in [0.4, 0.5) is 0 Å². The number of carboxylic acids is 1. The van der Waals surface area contributed by atoms with Crippen LogP contribution < -0.4 is 5.73 Å². The Balaban J connectivity index is 3.80. The van der Waals surface area contributed by atoms with Crippen molar-refractivity contribution in [3.8, 4) is 0 Å². The van der Waals surface area contributed by atoms with Gasteiger partial charge in [-0.25, -0.2) is 9.59 Å². The van der Waals surface area contributed by atoms with E-state index in [0.717, 1.165) is 0 Å². The lowest BCUT2D eigenvalue weighted by atomic mass is 10.6. The topological polar surface area (TPSA) is 107 Å². The van der Waals surface area contributed by atoms with Gasteiger partial charge in [0.05, 0.1) is 6.54 Å². The van der Waals surface area contributed by atoms with E-state index < -0.39 is 24.5 Å². The molecule has 0 spiro atoms. The molecule has 0 unspecified atom stereocenters. The Bertz CT molecular complexity index is 174. The van der Waals surface area contributed by atoms with Gasteiger partial charge in [-0.15, -0.1) is 0 Å². The summed E-state index contributed by atoms with van der Waals surface area (Å²) in [4.78, 5) is 29.8. The van der Waals surface area contributed by atoms with E-state index >= 15 is 0 Å². The molecular formula is C4H5NO5. The zero-order chi connectivity index (χ0) is 8.15. The maximum atomic E-state index is 10.1. The van der Waals surface area contributed by atoms with Crippen LogP contribution >= 0.6 is 0 Å². The van der Waals surface area contributed by atoms with Crippen LogP contribution in [0.5, 0.6) is 0 Å². The van der Waals surface area contributed by atoms with Crippen LogP contribution in [0.3, 0.4) is 0 Å². The van der Waals surface area contributed by atoms with Gasteiger partial charge in [-0.05, 0) is 0 Å². The van der Waals surface area contributed by atoms with Crippen LogP contribution in [0.25, 0.3) is 0 Å². The first-order valence-electron chi connectivity index (χ1n) is 2.26. The molecule has 3 N–H and O–H groups in total. The number of aliphatic carboxylic acids is 1. The van der Waals surface area contributed by atoms with Crippen LogP contribution in [0.1, 0.15) is 0 Å². The van der Waals surface area contributed by atoms with Gasteiger partial charge < -0.3 is 15.6 Å². The molecule has 0 aliphatic carbocycles. The zero-order valence-electron chi connectivity index (χ0n) is 4.86. The summed E-state index contributed by atoms with van der Waals surface area (Å²) in [6, 6.07) is 0. The maximum absolute atomic E-state index is 10.1. The predicted molar refractivity (Wildman–Crippen MR) is 27.8 cm³/mol. The Morgan fingerprint density at radius 3 is 2.20 bits per heavy atom. The largest absolute Gasteiger partial charge is 0.473 e. The third-order valence-corrected chi connectivity index (χ3v) is 0.548. The quantitative estimate of drug-likeness (QED) is 0.255. The first kappa shape index (κ1) is 8.57. The van der Waals surface area contributed by atoms with Crippen LogP contribution in [0.2, 0.25) is 0 Å². The fraction of sp³-hybridized carbons (Fsp3) is 0.250. The standard InChI is InChI=1S/C4H5NO5/c5-1-2(6)10-4(9)3(7)8/h1,5H2,(H,7,8). The minimum atomic E-state index is -1.82. The van der Waals surface area contributed by atoms with E-state index in [1.165, 1.54) is 0 Å². The third-order valence-electron chi connectivity index (χ3n) is 0.548. The summed E-state index contributed by atoms with van der Waals surface area (Å²) >= 11 is 0. The first-order chi connectivity index (χ1) is 4.57. The van der Waals surface area contributed by atoms with Crippen molar-refractivity contribution in [1.82, 2.24) is 0 Å². The lowest BCUT2D eigenvalue weighted by molar-refractivity contribution is -0.170. The molecule has 0 aromatic heterocycles. The monoisotopic (exact) mass is 147 g/mol. The molecule has 0 bridgehead atoms. The van der Waals surface area contributed by atoms with Gasteiger partial charge in [-0.1, -0.05) is 0 Å². The molecule has 6 heteroatoms. The Morgan fingerprint density at radius 2 is 1.90 bits per heavy atom. The van der Waals surface area contributed by atoms with Gasteiger partial charge >= 0.3 is 17.9 Å². The maximum Gasteiger partial charge on any atom is 0.424 e. The van der Waals surface area contributed by atoms with Crippen molar-refractivity contribution in [3.05, 3.63) is 0 Å². The molecule has 0 radical (unpaired) electrons. The molecule has 0 aliphatic rings. The number of rotatable bonds is 1. The van der Waals surface area contributed by atoms with Gasteiger partial charge in [-0.2, -0.15) is 0 Å². The highest BCUT2D eigenvalue weighted by molar-refractivity contribution is 6.30. The summed E-state index contributed by atoms with van der Waals surface area (Å²) < 4.78 is 3.66. The molecule has 0 aliphatic heterocycles. The highest BCUT2D eigenvalue weighted by atomic mass is 16.6. The van der Waals surface area contributed by atoms with E-state index in [2.05, 4.69) is 4.74 Å². The fourth-order valence-electron chi connectivity index (χ4n) is 0.189. The first-order valence-corrected chi connectivity index (χ1v) is 2.26. The summed E-state index contributed by atoms with van der Waals surface area (Å²) in [5.41, 5.74) is 4.70. The molecule has 0 amide bonds. The van der Waals surface area contributed by atoms with E-state index in [1.807, 2.05) is 0 Å². The van der Waals surface area contributed by atoms with Crippen LogP contribution in [-0.4, -0.2) is 29.6 Å². The minimum Gasteiger partial charge on any atom is -0.473 e. The van der Waals surface area contributed by atoms with Crippen LogP contribution in [0.15, 0.2) is 0 Å². The number of hydrogen-bond acceptors (Lipinski definition) is 5. The molecule has 0 heterocycles. The second-order valence-electron chi connectivity index (χ2n) is 1.27. The van der Waals surface area contributed by atoms with Crippen molar-refractivity contribution in [2.24, 2.45) is 5.73 Å². The van der Waals surface area contributed by atoms with E-state index in [-0.39, 0.29) is 0 Å². The molecule has 6 nitrogen and oxygen atoms in total. The van der Waals surface area contributed by atoms with E-state index in [0.29, 0.717) is 0 Å². The molecule has 0 aromatic carbocycles. The fourth-order valence-corrected chi connectivity index (χ4v) is 0.189. The van der Waals surface area contributed by atoms with Gasteiger partial charge in [0, 0.05) is 0 Å². The van der Waals surface area contributed by atoms with Crippen molar-refractivity contribution in [2.75, 3.05) is 6.54 Å². The van der Waals surface area contributed by atoms with Gasteiger partial charge in [-0.3, -0.25) is 4.79 Å². The summed E-state index contributed by atoms with van der Waals surface area (Å²) in [5.74, 6) is -4.50. The Morgan fingerprint density at radius 1 is 1.40 bits per heavy atom. The van der Waals surface area contributed by atoms with E-state index in [4.69, 9.17) is 10.8 Å². The number of carbonyl (C=O) groups is 3. The van der Waals surface area contributed by atoms with Gasteiger partial charge in [0.15, 0.2) is 0 Å². The number of esters is 2. The minimum absolute atomic E-state index is 0.515. The number of ether oxygens (including phenoxy) is 1. The molecule has 56 valence electrons. The highest BCUT2D eigenvalue weighted by Crippen LogP contribution is 1.77. The van der Waals surface area contributed by atoms with Crippen molar-refractivity contribution in [2.45, 2.75) is 0 Å². The van der Waals surface area contributed by atoms with Gasteiger partial charge in [0.1, 0.15) is 0 Å². The second-order valence-corrected chi connectivity index (χ2v) is 1.27. The lowest BCUT2D eigenvalue weighted by Crippen LogP contribution is -2.25. The van der Waals surface area contributed by atoms with Crippen molar-refractivity contribution >= 4 is 17.9 Å². The average molecular weight is 147 g/mol. The van der Waals surface area contributed by atoms with Crippen molar-refractivity contribution in [3.63, 3.8) is 0 Å². The van der Waals surface area contributed by atoms with Gasteiger partial charge in [0.2, 0.25) is 0 Å². The van der Waals surface area contributed by atoms with Crippen molar-refractivity contribution in [1.29, 1.82) is 0 Å². The Kier molecular flexibility index (Phi) is 3.06. The third kappa shape index (κ3) is 2.78. The van der Waals surface area contributed by atoms with Gasteiger partial charge in [0.25, 0.3) is 0 Å². The Labute approximate surface area is 55.6 Å². The van der Waals surface area contributed by atoms with E-state index in [9.17, 15) is 14.4 Å². The number of carboxylic acid groups (broad SMARTS) is 1. The van der Waals surface area contributed by atoms with Crippen LogP contribution in [0, 0.1) is 0 Å². The van der Waals surface area contributed by atoms with Crippen molar-refractivity contribution < 1.29 is 24.2 Å². The smallest absolute Gasteiger partial charge is 0.424 e.